The third kappa shape index (κ3) is 3.68. The molecule has 0 aromatic heterocycles. The normalized spacial score (nSPS) is 16.9. The fraction of sp³-hybridized carbons (Fsp3) is 0.316. The van der Waals surface area contributed by atoms with E-state index in [0.29, 0.717) is 18.0 Å². The molecule has 3 rings (SSSR count). The zero-order valence-electron chi connectivity index (χ0n) is 13.7. The van der Waals surface area contributed by atoms with Crippen molar-refractivity contribution in [2.45, 2.75) is 25.8 Å². The van der Waals surface area contributed by atoms with Crippen LogP contribution >= 0.6 is 0 Å². The van der Waals surface area contributed by atoms with Crippen LogP contribution in [0.1, 0.15) is 18.4 Å². The summed E-state index contributed by atoms with van der Waals surface area (Å²) in [7, 11) is 0. The Morgan fingerprint density at radius 1 is 1.25 bits per heavy atom. The highest BCUT2D eigenvalue weighted by molar-refractivity contribution is 5.91. The van der Waals surface area contributed by atoms with E-state index in [0.717, 1.165) is 24.2 Å². The average Bonchev–Trinajstić information content (AvgIpc) is 3.07. The number of hydrogen-bond acceptors (Lipinski definition) is 3. The van der Waals surface area contributed by atoms with Crippen LogP contribution in [-0.4, -0.2) is 35.2 Å². The number of likely N-dealkylation sites (tertiary alicyclic amines) is 1. The lowest BCUT2D eigenvalue weighted by Gasteiger charge is -2.24. The Hall–Kier alpha value is -2.53. The molecule has 1 aliphatic rings. The SMILES string of the molecule is Cc1ccc(Oc2ccccc2NC(=O)N2CCC[C@H]2CO)cc1. The molecule has 1 heterocycles. The number of ether oxygens (including phenoxy) is 1. The minimum atomic E-state index is -0.202. The molecule has 5 nitrogen and oxygen atoms in total. The molecule has 2 N–H and O–H groups in total. The average molecular weight is 326 g/mol. The van der Waals surface area contributed by atoms with Crippen LogP contribution in [0.25, 0.3) is 0 Å². The zero-order valence-corrected chi connectivity index (χ0v) is 13.7. The van der Waals surface area contributed by atoms with E-state index in [1.54, 1.807) is 4.90 Å². The summed E-state index contributed by atoms with van der Waals surface area (Å²) in [5, 5.41) is 12.3. The molecule has 0 aliphatic carbocycles. The second-order valence-electron chi connectivity index (χ2n) is 6.01. The van der Waals surface area contributed by atoms with Crippen molar-refractivity contribution in [3.05, 3.63) is 54.1 Å². The monoisotopic (exact) mass is 326 g/mol. The topological polar surface area (TPSA) is 61.8 Å². The van der Waals surface area contributed by atoms with Crippen molar-refractivity contribution < 1.29 is 14.6 Å². The van der Waals surface area contributed by atoms with Crippen molar-refractivity contribution in [3.8, 4) is 11.5 Å². The number of nitrogens with zero attached hydrogens (tertiary/aromatic N) is 1. The van der Waals surface area contributed by atoms with E-state index in [1.807, 2.05) is 55.5 Å². The van der Waals surface area contributed by atoms with Gasteiger partial charge in [0.2, 0.25) is 0 Å². The summed E-state index contributed by atoms with van der Waals surface area (Å²) < 4.78 is 5.90. The number of aliphatic hydroxyl groups is 1. The first kappa shape index (κ1) is 16.3. The predicted octanol–water partition coefficient (Wildman–Crippen LogP) is 3.78. The first-order valence-corrected chi connectivity index (χ1v) is 8.19. The van der Waals surface area contributed by atoms with Crippen molar-refractivity contribution in [3.63, 3.8) is 0 Å². The number of hydrogen-bond donors (Lipinski definition) is 2. The molecule has 0 saturated carbocycles. The van der Waals surface area contributed by atoms with Crippen LogP contribution in [0.3, 0.4) is 0 Å². The molecule has 5 heteroatoms. The quantitative estimate of drug-likeness (QED) is 0.899. The number of benzene rings is 2. The molecule has 1 saturated heterocycles. The lowest BCUT2D eigenvalue weighted by molar-refractivity contribution is 0.166. The Labute approximate surface area is 141 Å². The van der Waals surface area contributed by atoms with Crippen molar-refractivity contribution in [1.82, 2.24) is 4.90 Å². The van der Waals surface area contributed by atoms with Gasteiger partial charge in [-0.05, 0) is 44.0 Å². The van der Waals surface area contributed by atoms with Gasteiger partial charge in [0.1, 0.15) is 5.75 Å². The van der Waals surface area contributed by atoms with Gasteiger partial charge in [-0.1, -0.05) is 29.8 Å². The molecule has 1 aliphatic heterocycles. The van der Waals surface area contributed by atoms with Crippen molar-refractivity contribution in [1.29, 1.82) is 0 Å². The molecular formula is C19H22N2O3. The fourth-order valence-electron chi connectivity index (χ4n) is 2.87. The van der Waals surface area contributed by atoms with Crippen LogP contribution in [0.15, 0.2) is 48.5 Å². The largest absolute Gasteiger partial charge is 0.455 e. The maximum Gasteiger partial charge on any atom is 0.322 e. The van der Waals surface area contributed by atoms with E-state index in [4.69, 9.17) is 4.74 Å². The molecule has 0 unspecified atom stereocenters. The van der Waals surface area contributed by atoms with Crippen LogP contribution in [0.5, 0.6) is 11.5 Å². The van der Waals surface area contributed by atoms with Gasteiger partial charge in [0.15, 0.2) is 5.75 Å². The highest BCUT2D eigenvalue weighted by atomic mass is 16.5. The van der Waals surface area contributed by atoms with Gasteiger partial charge in [0.25, 0.3) is 0 Å². The van der Waals surface area contributed by atoms with Crippen molar-refractivity contribution in [2.24, 2.45) is 0 Å². The number of rotatable bonds is 4. The van der Waals surface area contributed by atoms with Crippen molar-refractivity contribution in [2.75, 3.05) is 18.5 Å². The lowest BCUT2D eigenvalue weighted by Crippen LogP contribution is -2.40. The molecule has 126 valence electrons. The number of carbonyl (C=O) groups is 1. The first-order valence-electron chi connectivity index (χ1n) is 8.19. The van der Waals surface area contributed by atoms with Gasteiger partial charge >= 0.3 is 6.03 Å². The molecule has 0 bridgehead atoms. The number of anilines is 1. The van der Waals surface area contributed by atoms with E-state index < -0.39 is 0 Å². The summed E-state index contributed by atoms with van der Waals surface area (Å²) in [6, 6.07) is 14.8. The number of amides is 2. The molecule has 0 spiro atoms. The molecule has 2 amide bonds. The minimum absolute atomic E-state index is 0.00503. The van der Waals surface area contributed by atoms with Crippen molar-refractivity contribution >= 4 is 11.7 Å². The summed E-state index contributed by atoms with van der Waals surface area (Å²) in [4.78, 5) is 14.2. The smallest absolute Gasteiger partial charge is 0.322 e. The number of nitrogens with one attached hydrogen (secondary N) is 1. The second-order valence-corrected chi connectivity index (χ2v) is 6.01. The minimum Gasteiger partial charge on any atom is -0.455 e. The van der Waals surface area contributed by atoms with Gasteiger partial charge in [-0.15, -0.1) is 0 Å². The highest BCUT2D eigenvalue weighted by Crippen LogP contribution is 2.30. The van der Waals surface area contributed by atoms with E-state index in [-0.39, 0.29) is 18.7 Å². The molecule has 0 radical (unpaired) electrons. The van der Waals surface area contributed by atoms with Crippen LogP contribution < -0.4 is 10.1 Å². The Bertz CT molecular complexity index is 700. The van der Waals surface area contributed by atoms with Gasteiger partial charge in [-0.2, -0.15) is 0 Å². The number of aliphatic hydroxyl groups excluding tert-OH is 1. The lowest BCUT2D eigenvalue weighted by atomic mass is 10.2. The summed E-state index contributed by atoms with van der Waals surface area (Å²) >= 11 is 0. The molecule has 1 atom stereocenters. The first-order chi connectivity index (χ1) is 11.7. The van der Waals surface area contributed by atoms with Gasteiger partial charge in [-0.3, -0.25) is 0 Å². The number of para-hydroxylation sites is 2. The summed E-state index contributed by atoms with van der Waals surface area (Å²) in [6.45, 7) is 2.68. The van der Waals surface area contributed by atoms with Crippen LogP contribution in [0.2, 0.25) is 0 Å². The Morgan fingerprint density at radius 2 is 2.00 bits per heavy atom. The molecule has 1 fully saturated rings. The third-order valence-electron chi connectivity index (χ3n) is 4.23. The second kappa shape index (κ2) is 7.36. The van der Waals surface area contributed by atoms with Crippen LogP contribution in [0.4, 0.5) is 10.5 Å². The van der Waals surface area contributed by atoms with Gasteiger partial charge in [0.05, 0.1) is 18.3 Å². The Balaban J connectivity index is 1.74. The Kier molecular flexibility index (Phi) is 5.01. The van der Waals surface area contributed by atoms with Crippen LogP contribution in [0, 0.1) is 6.92 Å². The predicted molar refractivity (Wildman–Crippen MR) is 93.5 cm³/mol. The molecule has 2 aromatic rings. The van der Waals surface area contributed by atoms with Gasteiger partial charge in [-0.25, -0.2) is 4.79 Å². The number of carbonyl (C=O) groups excluding carboxylic acids is 1. The summed E-state index contributed by atoms with van der Waals surface area (Å²) in [6.07, 6.45) is 1.76. The van der Waals surface area contributed by atoms with E-state index >= 15 is 0 Å². The third-order valence-corrected chi connectivity index (χ3v) is 4.23. The van der Waals surface area contributed by atoms with E-state index in [1.165, 1.54) is 0 Å². The zero-order chi connectivity index (χ0) is 16.9. The van der Waals surface area contributed by atoms with E-state index in [2.05, 4.69) is 5.32 Å². The Morgan fingerprint density at radius 3 is 2.75 bits per heavy atom. The number of urea groups is 1. The highest BCUT2D eigenvalue weighted by Gasteiger charge is 2.28. The standard InChI is InChI=1S/C19H22N2O3/c1-14-8-10-16(11-9-14)24-18-7-3-2-6-17(18)20-19(23)21-12-4-5-15(21)13-22/h2-3,6-11,15,22H,4-5,12-13H2,1H3,(H,20,23)/t15-/m0/s1. The fourth-order valence-corrected chi connectivity index (χ4v) is 2.87. The summed E-state index contributed by atoms with van der Waals surface area (Å²) in [5.41, 5.74) is 1.78. The molecule has 24 heavy (non-hydrogen) atoms. The molecule has 2 aromatic carbocycles. The van der Waals surface area contributed by atoms with Crippen LogP contribution in [-0.2, 0) is 0 Å². The maximum absolute atomic E-state index is 12.5. The maximum atomic E-state index is 12.5. The van der Waals surface area contributed by atoms with E-state index in [9.17, 15) is 9.90 Å². The summed E-state index contributed by atoms with van der Waals surface area (Å²) in [5.74, 6) is 1.31. The van der Waals surface area contributed by atoms with Gasteiger partial charge < -0.3 is 20.1 Å². The van der Waals surface area contributed by atoms with Gasteiger partial charge in [0, 0.05) is 6.54 Å². The number of aryl methyl sites for hydroxylation is 1. The molecular weight excluding hydrogens is 304 g/mol.